The minimum atomic E-state index is 0.408. The van der Waals surface area contributed by atoms with Crippen LogP contribution in [0, 0.1) is 29.1 Å². The lowest BCUT2D eigenvalue weighted by Crippen LogP contribution is -2.45. The second kappa shape index (κ2) is 10.9. The second-order valence-electron chi connectivity index (χ2n) is 12.3. The molecule has 4 nitrogen and oxygen atoms in total. The third-order valence-electron chi connectivity index (χ3n) is 10.5. The number of methoxy groups -OCH3 is 1. The van der Waals surface area contributed by atoms with Crippen molar-refractivity contribution in [3.63, 3.8) is 0 Å². The zero-order chi connectivity index (χ0) is 26.2. The molecule has 0 aromatic heterocycles. The molecular weight excluding hydrogens is 458 g/mol. The zero-order valence-corrected chi connectivity index (χ0v) is 23.6. The lowest BCUT2D eigenvalue weighted by molar-refractivity contribution is 0.000862. The summed E-state index contributed by atoms with van der Waals surface area (Å²) in [5.74, 6) is 5.75. The van der Waals surface area contributed by atoms with E-state index in [1.54, 1.807) is 7.11 Å². The number of benzene rings is 2. The summed E-state index contributed by atoms with van der Waals surface area (Å²) in [5, 5.41) is 10.0. The molecule has 2 saturated carbocycles. The van der Waals surface area contributed by atoms with E-state index in [0.29, 0.717) is 23.0 Å². The van der Waals surface area contributed by atoms with Crippen molar-refractivity contribution >= 4 is 0 Å². The van der Waals surface area contributed by atoms with Crippen LogP contribution in [0.4, 0.5) is 0 Å². The molecule has 0 radical (unpaired) electrons. The van der Waals surface area contributed by atoms with Crippen LogP contribution in [0.3, 0.4) is 0 Å². The third kappa shape index (κ3) is 4.99. The van der Waals surface area contributed by atoms with E-state index in [4.69, 9.17) is 9.47 Å². The van der Waals surface area contributed by atoms with Gasteiger partial charge in [-0.1, -0.05) is 39.8 Å². The van der Waals surface area contributed by atoms with Crippen LogP contribution in [-0.2, 0) is 13.0 Å². The summed E-state index contributed by atoms with van der Waals surface area (Å²) in [4.78, 5) is 2.41. The fourth-order valence-electron chi connectivity index (χ4n) is 8.49. The van der Waals surface area contributed by atoms with Crippen LogP contribution >= 0.6 is 0 Å². The molecule has 202 valence electrons. The van der Waals surface area contributed by atoms with Crippen LogP contribution in [0.1, 0.15) is 82.4 Å². The Hall–Kier alpha value is -2.20. The van der Waals surface area contributed by atoms with Gasteiger partial charge in [-0.2, -0.15) is 0 Å². The maximum atomic E-state index is 10.0. The predicted octanol–water partition coefficient (Wildman–Crippen LogP) is 7.43. The molecule has 5 rings (SSSR count). The molecule has 2 aromatic carbocycles. The lowest BCUT2D eigenvalue weighted by atomic mass is 9.51. The summed E-state index contributed by atoms with van der Waals surface area (Å²) in [6.45, 7) is 13.3. The van der Waals surface area contributed by atoms with E-state index in [1.807, 2.05) is 12.1 Å². The summed E-state index contributed by atoms with van der Waals surface area (Å²) in [6.07, 6.45) is 7.48. The number of fused-ring (bicyclic) bond motifs is 5. The van der Waals surface area contributed by atoms with Gasteiger partial charge in [-0.25, -0.2) is 0 Å². The number of hydrogen-bond acceptors (Lipinski definition) is 4. The SMILES string of the molecule is CCN(CC)Cc1ccc(OCC[C@H]2CCC3C4C(C)Cc5cc(O)ccc5C4CCC32C)c(OC)c1. The minimum Gasteiger partial charge on any atom is -0.508 e. The summed E-state index contributed by atoms with van der Waals surface area (Å²) >= 11 is 0. The van der Waals surface area contributed by atoms with Crippen LogP contribution in [0.5, 0.6) is 17.2 Å². The van der Waals surface area contributed by atoms with Crippen molar-refractivity contribution < 1.29 is 14.6 Å². The van der Waals surface area contributed by atoms with Crippen LogP contribution < -0.4 is 9.47 Å². The first-order valence-electron chi connectivity index (χ1n) is 14.7. The van der Waals surface area contributed by atoms with Gasteiger partial charge in [-0.3, -0.25) is 4.90 Å². The fraction of sp³-hybridized carbons (Fsp3) is 0.636. The third-order valence-corrected chi connectivity index (χ3v) is 10.5. The molecule has 4 heteroatoms. The molecule has 5 unspecified atom stereocenters. The van der Waals surface area contributed by atoms with E-state index in [0.717, 1.165) is 68.3 Å². The number of phenols is 1. The topological polar surface area (TPSA) is 41.9 Å². The zero-order valence-electron chi connectivity index (χ0n) is 23.6. The van der Waals surface area contributed by atoms with Gasteiger partial charge < -0.3 is 14.6 Å². The highest BCUT2D eigenvalue weighted by Gasteiger charge is 2.55. The lowest BCUT2D eigenvalue weighted by Gasteiger charge is -2.53. The normalized spacial score (nSPS) is 30.5. The van der Waals surface area contributed by atoms with Gasteiger partial charge in [0.05, 0.1) is 13.7 Å². The molecule has 0 heterocycles. The Balaban J connectivity index is 1.23. The first-order valence-corrected chi connectivity index (χ1v) is 14.7. The van der Waals surface area contributed by atoms with Crippen LogP contribution in [0.15, 0.2) is 36.4 Å². The molecule has 3 aliphatic rings. The number of aromatic hydroxyl groups is 1. The molecule has 0 saturated heterocycles. The first-order chi connectivity index (χ1) is 17.9. The van der Waals surface area contributed by atoms with Gasteiger partial charge in [-0.05, 0) is 128 Å². The Morgan fingerprint density at radius 1 is 1.03 bits per heavy atom. The number of hydrogen-bond donors (Lipinski definition) is 1. The summed E-state index contributed by atoms with van der Waals surface area (Å²) < 4.78 is 12.1. The van der Waals surface area contributed by atoms with E-state index in [9.17, 15) is 5.11 Å². The van der Waals surface area contributed by atoms with E-state index < -0.39 is 0 Å². The molecule has 37 heavy (non-hydrogen) atoms. The Morgan fingerprint density at radius 2 is 1.84 bits per heavy atom. The summed E-state index contributed by atoms with van der Waals surface area (Å²) in [5.41, 5.74) is 4.59. The molecule has 6 atom stereocenters. The average Bonchev–Trinajstić information content (AvgIpc) is 3.23. The molecule has 0 bridgehead atoms. The quantitative estimate of drug-likeness (QED) is 0.385. The maximum absolute atomic E-state index is 10.0. The van der Waals surface area contributed by atoms with Gasteiger partial charge >= 0.3 is 0 Å². The van der Waals surface area contributed by atoms with Gasteiger partial charge in [0.25, 0.3) is 0 Å². The van der Waals surface area contributed by atoms with Crippen LogP contribution in [0.25, 0.3) is 0 Å². The Labute approximate surface area is 224 Å². The summed E-state index contributed by atoms with van der Waals surface area (Å²) in [6, 6.07) is 12.6. The van der Waals surface area contributed by atoms with Gasteiger partial charge in [0.1, 0.15) is 5.75 Å². The Kier molecular flexibility index (Phi) is 7.77. The smallest absolute Gasteiger partial charge is 0.161 e. The number of nitrogens with zero attached hydrogens (tertiary/aromatic N) is 1. The monoisotopic (exact) mass is 505 g/mol. The highest BCUT2D eigenvalue weighted by molar-refractivity contribution is 5.43. The number of ether oxygens (including phenoxy) is 2. The maximum Gasteiger partial charge on any atom is 0.161 e. The predicted molar refractivity (Wildman–Crippen MR) is 150 cm³/mol. The van der Waals surface area contributed by atoms with Crippen molar-refractivity contribution in [3.05, 3.63) is 53.1 Å². The highest BCUT2D eigenvalue weighted by Crippen LogP contribution is 2.64. The molecule has 0 amide bonds. The molecule has 0 spiro atoms. The van der Waals surface area contributed by atoms with Crippen molar-refractivity contribution in [2.45, 2.75) is 78.7 Å². The fourth-order valence-corrected chi connectivity index (χ4v) is 8.49. The van der Waals surface area contributed by atoms with Crippen LogP contribution in [-0.4, -0.2) is 36.8 Å². The Morgan fingerprint density at radius 3 is 2.59 bits per heavy atom. The van der Waals surface area contributed by atoms with Crippen molar-refractivity contribution in [2.24, 2.45) is 29.1 Å². The highest BCUT2D eigenvalue weighted by atomic mass is 16.5. The first kappa shape index (κ1) is 26.4. The van der Waals surface area contributed by atoms with Gasteiger partial charge in [0.15, 0.2) is 11.5 Å². The largest absolute Gasteiger partial charge is 0.508 e. The second-order valence-corrected chi connectivity index (χ2v) is 12.3. The van der Waals surface area contributed by atoms with Crippen molar-refractivity contribution in [2.75, 3.05) is 26.8 Å². The summed E-state index contributed by atoms with van der Waals surface area (Å²) in [7, 11) is 1.75. The van der Waals surface area contributed by atoms with E-state index in [1.165, 1.54) is 42.4 Å². The van der Waals surface area contributed by atoms with E-state index in [-0.39, 0.29) is 0 Å². The van der Waals surface area contributed by atoms with Crippen LogP contribution in [0.2, 0.25) is 0 Å². The van der Waals surface area contributed by atoms with E-state index >= 15 is 0 Å². The molecule has 2 aromatic rings. The molecule has 0 aliphatic heterocycles. The van der Waals surface area contributed by atoms with Crippen molar-refractivity contribution in [3.8, 4) is 17.2 Å². The average molecular weight is 506 g/mol. The standard InChI is InChI=1S/C33H47NO3/c1-6-34(7-2)21-23-8-13-30(31(19-23)36-5)37-17-15-25-9-12-29-32-22(3)18-24-20-26(35)10-11-27(24)28(32)14-16-33(25,29)4/h8,10-11,13,19-20,22,25,28-29,32,35H,6-7,9,12,14-18,21H2,1-5H3/t22?,25-,28?,29?,32?,33?/m1/s1. The van der Waals surface area contributed by atoms with Gasteiger partial charge in [0, 0.05) is 6.54 Å². The minimum absolute atomic E-state index is 0.408. The van der Waals surface area contributed by atoms with Crippen molar-refractivity contribution in [1.29, 1.82) is 0 Å². The van der Waals surface area contributed by atoms with Gasteiger partial charge in [0.2, 0.25) is 0 Å². The number of rotatable bonds is 9. The molecule has 3 aliphatic carbocycles. The van der Waals surface area contributed by atoms with Crippen molar-refractivity contribution in [1.82, 2.24) is 4.90 Å². The molecule has 1 N–H and O–H groups in total. The van der Waals surface area contributed by atoms with Gasteiger partial charge in [-0.15, -0.1) is 0 Å². The number of phenolic OH excluding ortho intramolecular Hbond substituents is 1. The molecule has 2 fully saturated rings. The van der Waals surface area contributed by atoms with E-state index in [2.05, 4.69) is 56.9 Å². The molecular formula is C33H47NO3. The Bertz CT molecular complexity index is 1080.